The van der Waals surface area contributed by atoms with Gasteiger partial charge in [-0.25, -0.2) is 9.50 Å². The molecule has 3 heterocycles. The Morgan fingerprint density at radius 2 is 2.05 bits per heavy atom. The summed E-state index contributed by atoms with van der Waals surface area (Å²) in [6.45, 7) is 3.76. The molecular formula is C12H13N7O. The number of carbonyl (C=O) groups excluding carboxylic acids is 1. The summed E-state index contributed by atoms with van der Waals surface area (Å²) in [5.41, 5.74) is 1.70. The lowest BCUT2D eigenvalue weighted by molar-refractivity contribution is 0.101. The van der Waals surface area contributed by atoms with Gasteiger partial charge in [-0.05, 0) is 19.9 Å². The summed E-state index contributed by atoms with van der Waals surface area (Å²) in [5.74, 6) is 0.522. The van der Waals surface area contributed by atoms with Crippen molar-refractivity contribution < 1.29 is 4.79 Å². The Morgan fingerprint density at radius 1 is 1.25 bits per heavy atom. The van der Waals surface area contributed by atoms with Crippen molar-refractivity contribution in [2.45, 2.75) is 13.8 Å². The van der Waals surface area contributed by atoms with Crippen molar-refractivity contribution in [3.8, 4) is 0 Å². The minimum atomic E-state index is -0.411. The van der Waals surface area contributed by atoms with Gasteiger partial charge >= 0.3 is 0 Å². The van der Waals surface area contributed by atoms with E-state index < -0.39 is 5.91 Å². The van der Waals surface area contributed by atoms with Crippen LogP contribution in [0.1, 0.15) is 22.0 Å². The third kappa shape index (κ3) is 2.11. The van der Waals surface area contributed by atoms with Gasteiger partial charge < -0.3 is 5.32 Å². The average Bonchev–Trinajstić information content (AvgIpc) is 2.95. The maximum atomic E-state index is 12.1. The van der Waals surface area contributed by atoms with Crippen LogP contribution in [0.5, 0.6) is 0 Å². The minimum Gasteiger partial charge on any atom is -0.302 e. The van der Waals surface area contributed by atoms with E-state index in [2.05, 4.69) is 25.5 Å². The van der Waals surface area contributed by atoms with Crippen LogP contribution in [0, 0.1) is 13.8 Å². The van der Waals surface area contributed by atoms with Crippen molar-refractivity contribution >= 4 is 17.5 Å². The molecule has 0 aliphatic rings. The molecule has 1 amide bonds. The van der Waals surface area contributed by atoms with Crippen molar-refractivity contribution in [3.05, 3.63) is 35.5 Å². The quantitative estimate of drug-likeness (QED) is 0.742. The van der Waals surface area contributed by atoms with E-state index in [9.17, 15) is 4.79 Å². The Labute approximate surface area is 114 Å². The fourth-order valence-electron chi connectivity index (χ4n) is 1.92. The van der Waals surface area contributed by atoms with Gasteiger partial charge in [0.2, 0.25) is 5.82 Å². The number of hydrogen-bond donors (Lipinski definition) is 1. The molecule has 1 N–H and O–H groups in total. The summed E-state index contributed by atoms with van der Waals surface area (Å²) in [5, 5.41) is 10.9. The van der Waals surface area contributed by atoms with Crippen LogP contribution in [0.4, 0.5) is 5.82 Å². The number of nitrogens with one attached hydrogen (secondary N) is 1. The Bertz CT molecular complexity index is 801. The Balaban J connectivity index is 1.94. The molecule has 0 aliphatic carbocycles. The summed E-state index contributed by atoms with van der Waals surface area (Å²) < 4.78 is 3.14. The minimum absolute atomic E-state index is 0.0665. The predicted molar refractivity (Wildman–Crippen MR) is 71.4 cm³/mol. The van der Waals surface area contributed by atoms with Gasteiger partial charge in [0.25, 0.3) is 11.7 Å². The highest BCUT2D eigenvalue weighted by molar-refractivity contribution is 6.01. The van der Waals surface area contributed by atoms with Crippen molar-refractivity contribution in [3.63, 3.8) is 0 Å². The SMILES string of the molecule is Cc1cc(C)n2nc(C(=O)Nc3ccn(C)n3)nc2n1. The van der Waals surface area contributed by atoms with Crippen LogP contribution in [0.25, 0.3) is 5.78 Å². The molecular weight excluding hydrogens is 258 g/mol. The molecule has 0 atom stereocenters. The zero-order valence-electron chi connectivity index (χ0n) is 11.3. The standard InChI is InChI=1S/C12H13N7O/c1-7-6-8(2)19-12(13-7)15-10(17-19)11(20)14-9-4-5-18(3)16-9/h4-6H,1-3H3,(H,14,16,20). The molecule has 0 radical (unpaired) electrons. The number of anilines is 1. The highest BCUT2D eigenvalue weighted by Gasteiger charge is 2.15. The first-order valence-corrected chi connectivity index (χ1v) is 6.05. The molecule has 0 aromatic carbocycles. The summed E-state index contributed by atoms with van der Waals surface area (Å²) in [4.78, 5) is 20.4. The monoisotopic (exact) mass is 271 g/mol. The van der Waals surface area contributed by atoms with Crippen LogP contribution in [0.15, 0.2) is 18.3 Å². The lowest BCUT2D eigenvalue weighted by Crippen LogP contribution is -2.14. The number of fused-ring (bicyclic) bond motifs is 1. The first kappa shape index (κ1) is 12.3. The molecule has 0 unspecified atom stereocenters. The molecule has 0 saturated carbocycles. The number of hydrogen-bond acceptors (Lipinski definition) is 5. The first-order valence-electron chi connectivity index (χ1n) is 6.05. The maximum absolute atomic E-state index is 12.1. The molecule has 20 heavy (non-hydrogen) atoms. The molecule has 0 fully saturated rings. The van der Waals surface area contributed by atoms with Gasteiger partial charge in [-0.3, -0.25) is 9.48 Å². The van der Waals surface area contributed by atoms with Crippen LogP contribution in [-0.4, -0.2) is 35.3 Å². The predicted octanol–water partition coefficient (Wildman–Crippen LogP) is 0.727. The fraction of sp³-hybridized carbons (Fsp3) is 0.250. The third-order valence-electron chi connectivity index (χ3n) is 2.78. The molecule has 3 aromatic heterocycles. The second-order valence-corrected chi connectivity index (χ2v) is 4.51. The number of aromatic nitrogens is 6. The maximum Gasteiger partial charge on any atom is 0.296 e. The van der Waals surface area contributed by atoms with Crippen molar-refractivity contribution in [2.75, 3.05) is 5.32 Å². The number of amides is 1. The van der Waals surface area contributed by atoms with Crippen LogP contribution in [0.2, 0.25) is 0 Å². The van der Waals surface area contributed by atoms with Gasteiger partial charge in [-0.15, -0.1) is 5.10 Å². The Kier molecular flexibility index (Phi) is 2.70. The van der Waals surface area contributed by atoms with Gasteiger partial charge in [-0.2, -0.15) is 10.1 Å². The van der Waals surface area contributed by atoms with Crippen LogP contribution < -0.4 is 5.32 Å². The van der Waals surface area contributed by atoms with E-state index in [1.54, 1.807) is 28.5 Å². The van der Waals surface area contributed by atoms with E-state index in [0.717, 1.165) is 11.4 Å². The van der Waals surface area contributed by atoms with Gasteiger partial charge in [0, 0.05) is 30.7 Å². The number of carbonyl (C=O) groups is 1. The van der Waals surface area contributed by atoms with E-state index in [1.807, 2.05) is 19.9 Å². The van der Waals surface area contributed by atoms with Crippen LogP contribution in [0.3, 0.4) is 0 Å². The fourth-order valence-corrected chi connectivity index (χ4v) is 1.92. The summed E-state index contributed by atoms with van der Waals surface area (Å²) in [6, 6.07) is 3.57. The molecule has 0 spiro atoms. The normalized spacial score (nSPS) is 10.9. The summed E-state index contributed by atoms with van der Waals surface area (Å²) >= 11 is 0. The highest BCUT2D eigenvalue weighted by Crippen LogP contribution is 2.07. The van der Waals surface area contributed by atoms with Gasteiger partial charge in [0.05, 0.1) is 0 Å². The molecule has 0 saturated heterocycles. The molecule has 0 bridgehead atoms. The summed E-state index contributed by atoms with van der Waals surface area (Å²) in [6.07, 6.45) is 1.74. The van der Waals surface area contributed by atoms with E-state index in [1.165, 1.54) is 0 Å². The van der Waals surface area contributed by atoms with Gasteiger partial charge in [-0.1, -0.05) is 0 Å². The zero-order valence-corrected chi connectivity index (χ0v) is 11.3. The Morgan fingerprint density at radius 3 is 2.75 bits per heavy atom. The van der Waals surface area contributed by atoms with E-state index in [0.29, 0.717) is 11.6 Å². The molecule has 3 aromatic rings. The number of nitrogens with zero attached hydrogens (tertiary/aromatic N) is 6. The van der Waals surface area contributed by atoms with E-state index >= 15 is 0 Å². The lowest BCUT2D eigenvalue weighted by atomic mass is 10.4. The van der Waals surface area contributed by atoms with E-state index in [4.69, 9.17) is 0 Å². The molecule has 8 nitrogen and oxygen atoms in total. The number of rotatable bonds is 2. The van der Waals surface area contributed by atoms with Gasteiger partial charge in [0.15, 0.2) is 5.82 Å². The molecule has 3 rings (SSSR count). The lowest BCUT2D eigenvalue weighted by Gasteiger charge is -1.97. The topological polar surface area (TPSA) is 90.0 Å². The number of aryl methyl sites for hydroxylation is 3. The van der Waals surface area contributed by atoms with Gasteiger partial charge in [0.1, 0.15) is 0 Å². The smallest absolute Gasteiger partial charge is 0.296 e. The zero-order chi connectivity index (χ0) is 14.3. The van der Waals surface area contributed by atoms with Crippen LogP contribution in [-0.2, 0) is 7.05 Å². The average molecular weight is 271 g/mol. The molecule has 0 aliphatic heterocycles. The largest absolute Gasteiger partial charge is 0.302 e. The van der Waals surface area contributed by atoms with Crippen molar-refractivity contribution in [2.24, 2.45) is 7.05 Å². The van der Waals surface area contributed by atoms with Crippen LogP contribution >= 0.6 is 0 Å². The second-order valence-electron chi connectivity index (χ2n) is 4.51. The third-order valence-corrected chi connectivity index (χ3v) is 2.78. The van der Waals surface area contributed by atoms with Crippen molar-refractivity contribution in [1.82, 2.24) is 29.4 Å². The van der Waals surface area contributed by atoms with E-state index in [-0.39, 0.29) is 5.82 Å². The molecule has 8 heteroatoms. The Hall–Kier alpha value is -2.77. The highest BCUT2D eigenvalue weighted by atomic mass is 16.2. The van der Waals surface area contributed by atoms with Crippen molar-refractivity contribution in [1.29, 1.82) is 0 Å². The molecule has 102 valence electrons. The second kappa shape index (κ2) is 4.41. The summed E-state index contributed by atoms with van der Waals surface area (Å²) in [7, 11) is 1.77. The first-order chi connectivity index (χ1) is 9.52.